The predicted octanol–water partition coefficient (Wildman–Crippen LogP) is 13.8. The van der Waals surface area contributed by atoms with Crippen LogP contribution in [0.15, 0.2) is 176 Å². The number of anilines is 3. The van der Waals surface area contributed by atoms with E-state index in [0.717, 1.165) is 17.1 Å². The fraction of sp³-hybridized carbons (Fsp3) is 0. The molecule has 0 fully saturated rings. The highest BCUT2D eigenvalue weighted by Gasteiger charge is 2.19. The Morgan fingerprint density at radius 3 is 1.75 bits per heavy atom. The summed E-state index contributed by atoms with van der Waals surface area (Å²) < 4.78 is 2.61. The molecule has 0 radical (unpaired) electrons. The fourth-order valence-corrected chi connectivity index (χ4v) is 8.75. The normalized spacial score (nSPS) is 11.8. The summed E-state index contributed by atoms with van der Waals surface area (Å²) in [4.78, 5) is 2.44. The molecule has 1 aromatic heterocycles. The molecule has 0 saturated heterocycles. The van der Waals surface area contributed by atoms with Gasteiger partial charge in [-0.1, -0.05) is 140 Å². The Labute approximate surface area is 282 Å². The number of para-hydroxylation sites is 1. The molecule has 9 aromatic carbocycles. The number of hydrogen-bond donors (Lipinski definition) is 0. The van der Waals surface area contributed by atoms with Crippen LogP contribution in [0.1, 0.15) is 0 Å². The molecular weight excluding hydrogens is 599 g/mol. The van der Waals surface area contributed by atoms with Gasteiger partial charge in [0.05, 0.1) is 5.69 Å². The van der Waals surface area contributed by atoms with Crippen molar-refractivity contribution in [2.24, 2.45) is 0 Å². The number of rotatable bonds is 4. The standard InChI is InChI=1S/C46H29NS/c1-2-10-30(11-3-1)37-14-8-9-17-42(37)47(36-24-26-41-44(29-36)48-43-27-22-32-13-5-7-16-39(32)46(41)43)35-23-25-40-34(28-35)21-20-33-19-18-31-12-4-6-15-38(31)45(33)40/h1-29H. The number of thiophene rings is 1. The summed E-state index contributed by atoms with van der Waals surface area (Å²) in [6, 6.07) is 64.5. The average Bonchev–Trinajstić information content (AvgIpc) is 3.54. The molecule has 0 bridgehead atoms. The molecule has 0 spiro atoms. The molecule has 0 aliphatic rings. The maximum Gasteiger partial charge on any atom is 0.0540 e. The zero-order valence-electron chi connectivity index (χ0n) is 26.1. The molecule has 0 amide bonds. The lowest BCUT2D eigenvalue weighted by molar-refractivity contribution is 1.30. The summed E-state index contributed by atoms with van der Waals surface area (Å²) in [6.45, 7) is 0. The zero-order valence-corrected chi connectivity index (χ0v) is 26.9. The van der Waals surface area contributed by atoms with Crippen molar-refractivity contribution in [3.05, 3.63) is 176 Å². The predicted molar refractivity (Wildman–Crippen MR) is 209 cm³/mol. The van der Waals surface area contributed by atoms with Crippen LogP contribution < -0.4 is 4.90 Å². The van der Waals surface area contributed by atoms with E-state index >= 15 is 0 Å². The lowest BCUT2D eigenvalue weighted by atomic mass is 9.96. The Kier molecular flexibility index (Phi) is 6.12. The van der Waals surface area contributed by atoms with Gasteiger partial charge in [0, 0.05) is 37.1 Å². The number of fused-ring (bicyclic) bond motifs is 10. The van der Waals surface area contributed by atoms with Crippen LogP contribution in [0.4, 0.5) is 17.1 Å². The maximum absolute atomic E-state index is 2.44. The molecule has 1 heterocycles. The Morgan fingerprint density at radius 2 is 0.938 bits per heavy atom. The summed E-state index contributed by atoms with van der Waals surface area (Å²) in [5.74, 6) is 0. The minimum Gasteiger partial charge on any atom is -0.310 e. The first kappa shape index (κ1) is 27.2. The molecule has 0 aliphatic heterocycles. The van der Waals surface area contributed by atoms with Crippen LogP contribution in [0.3, 0.4) is 0 Å². The van der Waals surface area contributed by atoms with Gasteiger partial charge in [-0.25, -0.2) is 0 Å². The molecule has 10 aromatic rings. The maximum atomic E-state index is 2.44. The molecule has 0 unspecified atom stereocenters. The minimum atomic E-state index is 1.14. The van der Waals surface area contributed by atoms with Crippen LogP contribution in [0, 0.1) is 0 Å². The lowest BCUT2D eigenvalue weighted by Crippen LogP contribution is -2.11. The van der Waals surface area contributed by atoms with Crippen LogP contribution in [-0.4, -0.2) is 0 Å². The average molecular weight is 628 g/mol. The number of hydrogen-bond acceptors (Lipinski definition) is 2. The third-order valence-corrected chi connectivity index (χ3v) is 10.9. The van der Waals surface area contributed by atoms with Crippen LogP contribution in [0.2, 0.25) is 0 Å². The molecular formula is C46H29NS. The molecule has 0 saturated carbocycles. The Bertz CT molecular complexity index is 2850. The van der Waals surface area contributed by atoms with Gasteiger partial charge in [-0.15, -0.1) is 11.3 Å². The molecule has 224 valence electrons. The van der Waals surface area contributed by atoms with Crippen LogP contribution in [0.5, 0.6) is 0 Å². The van der Waals surface area contributed by atoms with E-state index in [4.69, 9.17) is 0 Å². The first-order valence-electron chi connectivity index (χ1n) is 16.4. The Morgan fingerprint density at radius 1 is 0.354 bits per heavy atom. The molecule has 0 aliphatic carbocycles. The molecule has 0 atom stereocenters. The highest BCUT2D eigenvalue weighted by Crippen LogP contribution is 2.46. The molecule has 1 nitrogen and oxygen atoms in total. The lowest BCUT2D eigenvalue weighted by Gasteiger charge is -2.28. The SMILES string of the molecule is c1ccc(-c2ccccc2N(c2ccc3c(ccc4ccc5ccccc5c43)c2)c2ccc3c(c2)sc2ccc4ccccc4c23)cc1. The van der Waals surface area contributed by atoms with E-state index in [0.29, 0.717) is 0 Å². The van der Waals surface area contributed by atoms with Gasteiger partial charge in [-0.3, -0.25) is 0 Å². The van der Waals surface area contributed by atoms with E-state index < -0.39 is 0 Å². The van der Waals surface area contributed by atoms with Gasteiger partial charge in [0.25, 0.3) is 0 Å². The molecule has 0 N–H and O–H groups in total. The van der Waals surface area contributed by atoms with Crippen LogP contribution in [0.25, 0.3) is 74.4 Å². The van der Waals surface area contributed by atoms with Crippen molar-refractivity contribution < 1.29 is 0 Å². The second kappa shape index (κ2) is 10.8. The van der Waals surface area contributed by atoms with Gasteiger partial charge in [-0.05, 0) is 85.1 Å². The van der Waals surface area contributed by atoms with Gasteiger partial charge >= 0.3 is 0 Å². The van der Waals surface area contributed by atoms with Crippen molar-refractivity contribution in [2.45, 2.75) is 0 Å². The first-order chi connectivity index (χ1) is 23.8. The molecule has 10 rings (SSSR count). The van der Waals surface area contributed by atoms with Crippen molar-refractivity contribution in [3.63, 3.8) is 0 Å². The summed E-state index contributed by atoms with van der Waals surface area (Å²) in [5, 5.41) is 12.9. The van der Waals surface area contributed by atoms with Gasteiger partial charge in [0.1, 0.15) is 0 Å². The zero-order chi connectivity index (χ0) is 31.6. The quantitative estimate of drug-likeness (QED) is 0.176. The summed E-state index contributed by atoms with van der Waals surface area (Å²) in [5.41, 5.74) is 5.83. The van der Waals surface area contributed by atoms with Crippen molar-refractivity contribution in [2.75, 3.05) is 4.90 Å². The highest BCUT2D eigenvalue weighted by atomic mass is 32.1. The van der Waals surface area contributed by atoms with Crippen LogP contribution >= 0.6 is 11.3 Å². The van der Waals surface area contributed by atoms with Gasteiger partial charge in [0.2, 0.25) is 0 Å². The molecule has 2 heteroatoms. The number of benzene rings is 9. The molecule has 48 heavy (non-hydrogen) atoms. The van der Waals surface area contributed by atoms with E-state index in [1.165, 1.54) is 74.4 Å². The van der Waals surface area contributed by atoms with E-state index in [1.54, 1.807) is 0 Å². The summed E-state index contributed by atoms with van der Waals surface area (Å²) in [7, 11) is 0. The monoisotopic (exact) mass is 627 g/mol. The van der Waals surface area contributed by atoms with E-state index in [-0.39, 0.29) is 0 Å². The fourth-order valence-electron chi connectivity index (χ4n) is 7.59. The van der Waals surface area contributed by atoms with Gasteiger partial charge in [0.15, 0.2) is 0 Å². The topological polar surface area (TPSA) is 3.24 Å². The Hall–Kier alpha value is -5.96. The second-order valence-corrected chi connectivity index (χ2v) is 13.6. The first-order valence-corrected chi connectivity index (χ1v) is 17.2. The smallest absolute Gasteiger partial charge is 0.0540 e. The van der Waals surface area contributed by atoms with Crippen molar-refractivity contribution in [1.82, 2.24) is 0 Å². The van der Waals surface area contributed by atoms with Gasteiger partial charge < -0.3 is 4.90 Å². The van der Waals surface area contributed by atoms with E-state index in [1.807, 2.05) is 11.3 Å². The number of nitrogens with zero attached hydrogens (tertiary/aromatic N) is 1. The largest absolute Gasteiger partial charge is 0.310 e. The van der Waals surface area contributed by atoms with Crippen molar-refractivity contribution in [1.29, 1.82) is 0 Å². The van der Waals surface area contributed by atoms with Crippen LogP contribution in [-0.2, 0) is 0 Å². The second-order valence-electron chi connectivity index (χ2n) is 12.5. The summed E-state index contributed by atoms with van der Waals surface area (Å²) in [6.07, 6.45) is 0. The van der Waals surface area contributed by atoms with E-state index in [2.05, 4.69) is 181 Å². The summed E-state index contributed by atoms with van der Waals surface area (Å²) >= 11 is 1.88. The van der Waals surface area contributed by atoms with Gasteiger partial charge in [-0.2, -0.15) is 0 Å². The van der Waals surface area contributed by atoms with Crippen molar-refractivity contribution in [3.8, 4) is 11.1 Å². The van der Waals surface area contributed by atoms with E-state index in [9.17, 15) is 0 Å². The third-order valence-electron chi connectivity index (χ3n) is 9.80. The van der Waals surface area contributed by atoms with Crippen molar-refractivity contribution >= 4 is 91.7 Å². The highest BCUT2D eigenvalue weighted by molar-refractivity contribution is 7.26. The third kappa shape index (κ3) is 4.24. The Balaban J connectivity index is 1.23. The minimum absolute atomic E-state index is 1.14.